The Morgan fingerprint density at radius 2 is 2.00 bits per heavy atom. The summed E-state index contributed by atoms with van der Waals surface area (Å²) < 4.78 is 38.2. The van der Waals surface area contributed by atoms with Gasteiger partial charge in [-0.1, -0.05) is 11.6 Å². The number of hydrogen-bond donors (Lipinski definition) is 1. The molecule has 0 aliphatic rings. The first-order valence-electron chi connectivity index (χ1n) is 4.10. The molecule has 92 valence electrons. The van der Waals surface area contributed by atoms with Gasteiger partial charge in [-0.3, -0.25) is 4.79 Å². The molecule has 17 heavy (non-hydrogen) atoms. The molecule has 2 N–H and O–H groups in total. The number of amides is 1. The van der Waals surface area contributed by atoms with Crippen LogP contribution in [0.4, 0.5) is 18.9 Å². The van der Waals surface area contributed by atoms with Crippen LogP contribution in [0.3, 0.4) is 0 Å². The van der Waals surface area contributed by atoms with E-state index in [4.69, 9.17) is 17.3 Å². The highest BCUT2D eigenvalue weighted by molar-refractivity contribution is 6.33. The van der Waals surface area contributed by atoms with E-state index in [1.807, 2.05) is 0 Å². The Balaban J connectivity index is 3.83. The highest BCUT2D eigenvalue weighted by Gasteiger charge is 2.41. The molecule has 0 aliphatic heterocycles. The van der Waals surface area contributed by atoms with E-state index in [2.05, 4.69) is 10.2 Å². The van der Waals surface area contributed by atoms with Gasteiger partial charge in [-0.25, -0.2) is 4.98 Å². The van der Waals surface area contributed by atoms with Crippen LogP contribution in [0.15, 0.2) is 5.18 Å². The first kappa shape index (κ1) is 13.4. The highest BCUT2D eigenvalue weighted by Crippen LogP contribution is 2.41. The number of rotatable bonds is 2. The highest BCUT2D eigenvalue weighted by atomic mass is 35.5. The van der Waals surface area contributed by atoms with Gasteiger partial charge in [0.1, 0.15) is 16.4 Å². The van der Waals surface area contributed by atoms with E-state index >= 15 is 0 Å². The molecule has 0 fully saturated rings. The molecule has 0 radical (unpaired) electrons. The number of hydrogen-bond acceptors (Lipinski definition) is 4. The molecule has 0 bridgehead atoms. The Morgan fingerprint density at radius 3 is 2.35 bits per heavy atom. The molecule has 0 saturated carbocycles. The Kier molecular flexibility index (Phi) is 3.37. The second-order valence-electron chi connectivity index (χ2n) is 3.04. The summed E-state index contributed by atoms with van der Waals surface area (Å²) in [7, 11) is 0. The maximum Gasteiger partial charge on any atom is 0.419 e. The number of pyridine rings is 1. The molecule has 1 aromatic heterocycles. The van der Waals surface area contributed by atoms with Crippen molar-refractivity contribution in [3.8, 4) is 0 Å². The third-order valence-electron chi connectivity index (χ3n) is 1.92. The molecule has 0 saturated heterocycles. The van der Waals surface area contributed by atoms with E-state index in [0.717, 1.165) is 6.92 Å². The molecule has 5 nitrogen and oxygen atoms in total. The van der Waals surface area contributed by atoms with Crippen molar-refractivity contribution < 1.29 is 18.0 Å². The standard InChI is InChI=1S/C8H5ClF3N3O2/c1-2-5(15-17)4(8(10,11)12)3(7(13)16)6(9)14-2/h1H3,(H2,13,16). The monoisotopic (exact) mass is 267 g/mol. The summed E-state index contributed by atoms with van der Waals surface area (Å²) >= 11 is 5.41. The Labute approximate surface area is 97.7 Å². The van der Waals surface area contributed by atoms with Gasteiger partial charge in [0.25, 0.3) is 5.91 Å². The fourth-order valence-corrected chi connectivity index (χ4v) is 1.59. The number of primary amides is 1. The second kappa shape index (κ2) is 4.28. The third-order valence-corrected chi connectivity index (χ3v) is 2.20. The topological polar surface area (TPSA) is 85.4 Å². The maximum absolute atomic E-state index is 12.7. The minimum atomic E-state index is -4.98. The van der Waals surface area contributed by atoms with Crippen LogP contribution in [0.25, 0.3) is 0 Å². The van der Waals surface area contributed by atoms with Crippen molar-refractivity contribution in [2.45, 2.75) is 13.1 Å². The van der Waals surface area contributed by atoms with Crippen LogP contribution in [0, 0.1) is 11.8 Å². The molecule has 1 aromatic rings. The Bertz CT molecular complexity index is 502. The van der Waals surface area contributed by atoms with Gasteiger partial charge in [0, 0.05) is 0 Å². The van der Waals surface area contributed by atoms with Crippen molar-refractivity contribution in [3.63, 3.8) is 0 Å². The lowest BCUT2D eigenvalue weighted by molar-refractivity contribution is -0.137. The molecule has 1 heterocycles. The fourth-order valence-electron chi connectivity index (χ4n) is 1.27. The number of alkyl halides is 3. The second-order valence-corrected chi connectivity index (χ2v) is 3.40. The van der Waals surface area contributed by atoms with Gasteiger partial charge in [-0.15, -0.1) is 4.91 Å². The minimum Gasteiger partial charge on any atom is -0.365 e. The number of carbonyl (C=O) groups is 1. The van der Waals surface area contributed by atoms with E-state index in [9.17, 15) is 22.9 Å². The zero-order chi connectivity index (χ0) is 13.4. The average Bonchev–Trinajstić information content (AvgIpc) is 2.14. The van der Waals surface area contributed by atoms with E-state index < -0.39 is 34.1 Å². The van der Waals surface area contributed by atoms with E-state index in [-0.39, 0.29) is 5.69 Å². The van der Waals surface area contributed by atoms with Gasteiger partial charge >= 0.3 is 6.18 Å². The molecule has 0 atom stereocenters. The Morgan fingerprint density at radius 1 is 1.47 bits per heavy atom. The maximum atomic E-state index is 12.7. The molecular formula is C8H5ClF3N3O2. The lowest BCUT2D eigenvalue weighted by Gasteiger charge is -2.14. The summed E-state index contributed by atoms with van der Waals surface area (Å²) in [6.07, 6.45) is -4.98. The van der Waals surface area contributed by atoms with Gasteiger partial charge in [0.05, 0.1) is 11.3 Å². The lowest BCUT2D eigenvalue weighted by atomic mass is 10.1. The summed E-state index contributed by atoms with van der Waals surface area (Å²) in [5, 5.41) is 1.51. The number of carbonyl (C=O) groups excluding carboxylic acids is 1. The zero-order valence-corrected chi connectivity index (χ0v) is 9.06. The SMILES string of the molecule is Cc1nc(Cl)c(C(N)=O)c(C(F)(F)F)c1N=O. The van der Waals surface area contributed by atoms with E-state index in [1.54, 1.807) is 0 Å². The first-order valence-corrected chi connectivity index (χ1v) is 4.48. The summed E-state index contributed by atoms with van der Waals surface area (Å²) in [4.78, 5) is 24.7. The number of aromatic nitrogens is 1. The van der Waals surface area contributed by atoms with Crippen LogP contribution < -0.4 is 5.73 Å². The van der Waals surface area contributed by atoms with Crippen molar-refractivity contribution in [3.05, 3.63) is 26.9 Å². The first-order chi connectivity index (χ1) is 7.70. The van der Waals surface area contributed by atoms with E-state index in [1.165, 1.54) is 0 Å². The van der Waals surface area contributed by atoms with Crippen LogP contribution in [0.2, 0.25) is 5.15 Å². The predicted octanol–water partition coefficient (Wildman–Crippen LogP) is 2.56. The fraction of sp³-hybridized carbons (Fsp3) is 0.250. The van der Waals surface area contributed by atoms with Gasteiger partial charge in [0.15, 0.2) is 0 Å². The van der Waals surface area contributed by atoms with Crippen LogP contribution in [-0.2, 0) is 6.18 Å². The Hall–Kier alpha value is -1.70. The molecular weight excluding hydrogens is 263 g/mol. The normalized spacial score (nSPS) is 11.4. The summed E-state index contributed by atoms with van der Waals surface area (Å²) in [5.74, 6) is -1.43. The summed E-state index contributed by atoms with van der Waals surface area (Å²) in [5.41, 5.74) is 0.843. The van der Waals surface area contributed by atoms with Gasteiger partial charge in [0.2, 0.25) is 0 Å². The number of halogens is 4. The van der Waals surface area contributed by atoms with Crippen LogP contribution in [0.5, 0.6) is 0 Å². The largest absolute Gasteiger partial charge is 0.419 e. The summed E-state index contributed by atoms with van der Waals surface area (Å²) in [6, 6.07) is 0. The van der Waals surface area contributed by atoms with Crippen LogP contribution in [0.1, 0.15) is 21.6 Å². The van der Waals surface area contributed by atoms with Gasteiger partial charge in [-0.05, 0) is 12.1 Å². The van der Waals surface area contributed by atoms with Gasteiger partial charge in [-0.2, -0.15) is 13.2 Å². The average molecular weight is 268 g/mol. The molecule has 0 spiro atoms. The van der Waals surface area contributed by atoms with E-state index in [0.29, 0.717) is 0 Å². The lowest BCUT2D eigenvalue weighted by Crippen LogP contribution is -2.21. The molecule has 1 rings (SSSR count). The third kappa shape index (κ3) is 2.36. The molecule has 9 heteroatoms. The number of nitrogens with zero attached hydrogens (tertiary/aromatic N) is 2. The van der Waals surface area contributed by atoms with Gasteiger partial charge < -0.3 is 5.73 Å². The zero-order valence-electron chi connectivity index (χ0n) is 8.30. The van der Waals surface area contributed by atoms with Crippen molar-refractivity contribution in [2.24, 2.45) is 10.9 Å². The molecule has 0 unspecified atom stereocenters. The van der Waals surface area contributed by atoms with Crippen LogP contribution in [-0.4, -0.2) is 10.9 Å². The number of aryl methyl sites for hydroxylation is 1. The molecule has 0 aliphatic carbocycles. The van der Waals surface area contributed by atoms with Crippen molar-refractivity contribution in [2.75, 3.05) is 0 Å². The van der Waals surface area contributed by atoms with Crippen molar-refractivity contribution >= 4 is 23.2 Å². The van der Waals surface area contributed by atoms with Crippen molar-refractivity contribution in [1.82, 2.24) is 4.98 Å². The molecule has 0 aromatic carbocycles. The quantitative estimate of drug-likeness (QED) is 0.660. The predicted molar refractivity (Wildman–Crippen MR) is 53.0 cm³/mol. The van der Waals surface area contributed by atoms with Crippen LogP contribution >= 0.6 is 11.6 Å². The smallest absolute Gasteiger partial charge is 0.365 e. The molecule has 1 amide bonds. The van der Waals surface area contributed by atoms with Crippen molar-refractivity contribution in [1.29, 1.82) is 0 Å². The number of nitrogens with two attached hydrogens (primary N) is 1. The summed E-state index contributed by atoms with van der Waals surface area (Å²) in [6.45, 7) is 1.11. The number of nitroso groups, excluding NO2 is 1. The minimum absolute atomic E-state index is 0.331.